The molecule has 1 spiro atoms. The third kappa shape index (κ3) is 10.1. The van der Waals surface area contributed by atoms with Crippen LogP contribution < -0.4 is 43.7 Å². The first-order valence-electron chi connectivity index (χ1n) is 29.5. The first-order chi connectivity index (χ1) is 40.3. The Hall–Kier alpha value is -7.40. The lowest BCUT2D eigenvalue weighted by Gasteiger charge is -2.58. The number of carbonyl (C=O) groups excluding carboxylic acids is 1. The van der Waals surface area contributed by atoms with E-state index in [1.807, 2.05) is 36.7 Å². The summed E-state index contributed by atoms with van der Waals surface area (Å²) < 4.78 is 67.9. The molecule has 436 valence electrons. The summed E-state index contributed by atoms with van der Waals surface area (Å²) >= 11 is 0. The van der Waals surface area contributed by atoms with Crippen molar-refractivity contribution in [2.45, 2.75) is 113 Å². The van der Waals surface area contributed by atoms with Crippen molar-refractivity contribution in [3.8, 4) is 23.3 Å². The number of amides is 1. The highest BCUT2D eigenvalue weighted by molar-refractivity contribution is 7.90. The minimum absolute atomic E-state index is 0.0241. The summed E-state index contributed by atoms with van der Waals surface area (Å²) in [5, 5.41) is 16.7. The van der Waals surface area contributed by atoms with Crippen LogP contribution in [0, 0.1) is 21.4 Å². The fraction of sp³-hybridized carbons (Fsp3) is 0.492. The number of nitro benzene ring substituents is 1. The van der Waals surface area contributed by atoms with Crippen molar-refractivity contribution in [2.24, 2.45) is 11.3 Å². The average molecular weight is 1150 g/mol. The van der Waals surface area contributed by atoms with E-state index in [4.69, 9.17) is 33.4 Å². The van der Waals surface area contributed by atoms with Crippen LogP contribution in [0.25, 0.3) is 11.0 Å². The number of rotatable bonds is 12. The number of piperazine rings is 1. The molecule has 22 heteroatoms. The number of hydrogen-bond donors (Lipinski definition) is 3. The van der Waals surface area contributed by atoms with Crippen molar-refractivity contribution in [1.29, 1.82) is 0 Å². The number of pyridine rings is 2. The fourth-order valence-electron chi connectivity index (χ4n) is 14.4. The molecule has 8 aliphatic rings. The molecular weight excluding hydrogens is 1080 g/mol. The topological polar surface area (TPSA) is 228 Å². The zero-order chi connectivity index (χ0) is 56.6. The van der Waals surface area contributed by atoms with E-state index in [2.05, 4.69) is 83.8 Å². The molecule has 1 saturated carbocycles. The van der Waals surface area contributed by atoms with Crippen LogP contribution in [-0.2, 0) is 25.9 Å². The van der Waals surface area contributed by atoms with Gasteiger partial charge < -0.3 is 53.4 Å². The fourth-order valence-corrected chi connectivity index (χ4v) is 15.4. The van der Waals surface area contributed by atoms with Gasteiger partial charge in [-0.3, -0.25) is 19.8 Å². The molecule has 10 heterocycles. The summed E-state index contributed by atoms with van der Waals surface area (Å²) in [6.45, 7) is 11.2. The predicted molar refractivity (Wildman–Crippen MR) is 311 cm³/mol. The number of fused-ring (bicyclic) bond motifs is 5. The quantitative estimate of drug-likeness (QED) is 0.0769. The van der Waals surface area contributed by atoms with E-state index in [0.717, 1.165) is 113 Å². The van der Waals surface area contributed by atoms with E-state index < -0.39 is 37.5 Å². The van der Waals surface area contributed by atoms with Gasteiger partial charge in [0.25, 0.3) is 21.6 Å². The summed E-state index contributed by atoms with van der Waals surface area (Å²) in [6.07, 6.45) is 11.4. The van der Waals surface area contributed by atoms with Crippen LogP contribution in [0.5, 0.6) is 23.3 Å². The maximum Gasteiger partial charge on any atom is 0.297 e. The Balaban J connectivity index is 0.743. The number of nitro groups is 1. The Labute approximate surface area is 482 Å². The van der Waals surface area contributed by atoms with Gasteiger partial charge in [-0.25, -0.2) is 18.1 Å². The molecule has 4 saturated heterocycles. The van der Waals surface area contributed by atoms with Crippen molar-refractivity contribution in [3.05, 3.63) is 112 Å². The highest BCUT2D eigenvalue weighted by Crippen LogP contribution is 2.55. The predicted octanol–water partition coefficient (Wildman–Crippen LogP) is 8.70. The molecule has 3 aromatic carbocycles. The van der Waals surface area contributed by atoms with E-state index in [1.165, 1.54) is 22.9 Å². The minimum Gasteiger partial charge on any atom is -0.491 e. The van der Waals surface area contributed by atoms with E-state index in [0.29, 0.717) is 61.8 Å². The van der Waals surface area contributed by atoms with Crippen molar-refractivity contribution >= 4 is 61.1 Å². The number of carbonyl (C=O) groups is 1. The monoisotopic (exact) mass is 1150 g/mol. The molecule has 83 heavy (non-hydrogen) atoms. The number of aromatic amines is 1. The molecule has 3 aromatic heterocycles. The number of ether oxygens (including phenoxy) is 6. The lowest BCUT2D eigenvalue weighted by atomic mass is 9.59. The van der Waals surface area contributed by atoms with Crippen LogP contribution in [0.2, 0.25) is 0 Å². The molecule has 1 amide bonds. The van der Waals surface area contributed by atoms with Gasteiger partial charge in [0.05, 0.1) is 58.5 Å². The Kier molecular flexibility index (Phi) is 14.0. The van der Waals surface area contributed by atoms with Crippen LogP contribution >= 0.6 is 0 Å². The normalized spacial score (nSPS) is 23.6. The molecule has 5 fully saturated rings. The molecule has 1 aliphatic carbocycles. The van der Waals surface area contributed by atoms with Gasteiger partial charge in [0, 0.05) is 111 Å². The number of piperidine rings is 1. The number of H-pyrrole nitrogens is 1. The van der Waals surface area contributed by atoms with Crippen LogP contribution in [0.1, 0.15) is 92.7 Å². The smallest absolute Gasteiger partial charge is 0.297 e. The first kappa shape index (κ1) is 53.6. The van der Waals surface area contributed by atoms with E-state index >= 15 is 0 Å². The molecular formula is C61H70N10O11S. The van der Waals surface area contributed by atoms with Crippen LogP contribution in [0.4, 0.5) is 34.1 Å². The van der Waals surface area contributed by atoms with Crippen LogP contribution in [0.3, 0.4) is 0 Å². The molecule has 0 radical (unpaired) electrons. The summed E-state index contributed by atoms with van der Waals surface area (Å²) in [4.78, 5) is 48.9. The van der Waals surface area contributed by atoms with Gasteiger partial charge in [-0.05, 0) is 125 Å². The molecule has 0 bridgehead atoms. The molecule has 0 unspecified atom stereocenters. The summed E-state index contributed by atoms with van der Waals surface area (Å²) in [6, 6.07) is 22.4. The largest absolute Gasteiger partial charge is 0.491 e. The van der Waals surface area contributed by atoms with Crippen molar-refractivity contribution < 1.29 is 46.6 Å². The lowest BCUT2D eigenvalue weighted by Crippen LogP contribution is -2.60. The second-order valence-electron chi connectivity index (χ2n) is 23.9. The van der Waals surface area contributed by atoms with Crippen molar-refractivity contribution in [2.75, 3.05) is 92.4 Å². The van der Waals surface area contributed by atoms with Gasteiger partial charge in [0.1, 0.15) is 29.8 Å². The third-order valence-corrected chi connectivity index (χ3v) is 20.0. The second kappa shape index (κ2) is 21.7. The number of nitrogens with zero attached hydrogens (tertiary/aromatic N) is 7. The van der Waals surface area contributed by atoms with E-state index in [9.17, 15) is 23.3 Å². The van der Waals surface area contributed by atoms with Crippen LogP contribution in [0.15, 0.2) is 90.1 Å². The highest BCUT2D eigenvalue weighted by atomic mass is 32.2. The summed E-state index contributed by atoms with van der Waals surface area (Å²) in [7, 11) is -4.72. The van der Waals surface area contributed by atoms with Crippen molar-refractivity contribution in [3.63, 3.8) is 0 Å². The first-order valence-corrected chi connectivity index (χ1v) is 31.0. The molecule has 21 nitrogen and oxygen atoms in total. The number of para-hydroxylation sites is 1. The molecule has 7 aliphatic heterocycles. The van der Waals surface area contributed by atoms with E-state index in [-0.39, 0.29) is 65.8 Å². The summed E-state index contributed by atoms with van der Waals surface area (Å²) in [5.74, 6) is 1.33. The van der Waals surface area contributed by atoms with Gasteiger partial charge in [0.15, 0.2) is 11.4 Å². The Morgan fingerprint density at radius 2 is 1.71 bits per heavy atom. The SMILES string of the molecule is CC(C)Oc1ccccc1[C@@H]1CN(c2ccnc3c2CCCO3)CCN1C1CC2(CCN(c3ccc(C(=O)NS(=O)(=O)c4cc5c(c([N+](=O)[O-])c4)N[C@H](C4CCOCC4)CO5)c(N4c5cc6cc[nH]c6nc5O[C@H]5COCC[C@@H]54)c3)CC2)C1. The van der Waals surface area contributed by atoms with Gasteiger partial charge in [-0.15, -0.1) is 0 Å². The average Bonchev–Trinajstić information content (AvgIpc) is 4.22. The third-order valence-electron chi connectivity index (χ3n) is 18.7. The van der Waals surface area contributed by atoms with E-state index in [1.54, 1.807) is 6.07 Å². The zero-order valence-corrected chi connectivity index (χ0v) is 47.6. The second-order valence-corrected chi connectivity index (χ2v) is 25.6. The van der Waals surface area contributed by atoms with Gasteiger partial charge >= 0.3 is 0 Å². The molecule has 14 rings (SSSR count). The molecule has 3 N–H and O–H groups in total. The summed E-state index contributed by atoms with van der Waals surface area (Å²) in [5.41, 5.74) is 6.18. The maximum absolute atomic E-state index is 15.0. The molecule has 4 atom stereocenters. The minimum atomic E-state index is -4.72. The lowest BCUT2D eigenvalue weighted by molar-refractivity contribution is -0.384. The number of anilines is 5. The molecule has 6 aromatic rings. The van der Waals surface area contributed by atoms with Gasteiger partial charge in [-0.1, -0.05) is 18.2 Å². The number of nitrogens with one attached hydrogen (secondary N) is 3. The number of aromatic nitrogens is 3. The Bertz CT molecular complexity index is 3580. The zero-order valence-electron chi connectivity index (χ0n) is 46.8. The van der Waals surface area contributed by atoms with Gasteiger partial charge in [0.2, 0.25) is 11.8 Å². The van der Waals surface area contributed by atoms with Gasteiger partial charge in [-0.2, -0.15) is 4.98 Å². The number of benzene rings is 3. The van der Waals surface area contributed by atoms with Crippen molar-refractivity contribution in [1.82, 2.24) is 24.6 Å². The highest BCUT2D eigenvalue weighted by Gasteiger charge is 2.51. The van der Waals surface area contributed by atoms with Crippen LogP contribution in [-0.4, -0.2) is 142 Å². The Morgan fingerprint density at radius 1 is 0.880 bits per heavy atom. The standard InChI is InChI=1S/C61H70N10O11S/c1-37(2)81-53-8-4-3-6-43(53)52-34-68(47-12-19-63-59-45(47)7-5-24-79-59)22-23-69(52)41-32-61(33-41)16-20-67(21-17-61)40-9-10-44(49(29-40)70-48-15-27-78-36-55(48)82-60-51(70)28-39-11-18-62-57(39)65-60)58(72)66-83(75,76)42-30-50(71(73)74)56-54(31-42)80-35-46(64-56)38-13-25-77-26-14-38/h3-4,6,8-12,18-19,28-31,37-38,41,46,48,52,55,64H,5,7,13-17,20-27,32-36H2,1-2H3,(H,62,65)(H,66,72)/t46-,48-,52-,55-/m0/s1. The number of hydrogen-bond acceptors (Lipinski definition) is 18. The maximum atomic E-state index is 15.0. The number of sulfonamides is 1. The Morgan fingerprint density at radius 3 is 2.54 bits per heavy atom.